The number of carbonyl (C=O) groups excluding carboxylic acids is 1. The van der Waals surface area contributed by atoms with Crippen LogP contribution in [0.1, 0.15) is 26.6 Å². The Morgan fingerprint density at radius 3 is 3.00 bits per heavy atom. The molecule has 7 nitrogen and oxygen atoms in total. The van der Waals surface area contributed by atoms with Crippen molar-refractivity contribution in [1.82, 2.24) is 24.8 Å². The number of rotatable bonds is 4. The van der Waals surface area contributed by atoms with Gasteiger partial charge in [0.1, 0.15) is 5.01 Å². The van der Waals surface area contributed by atoms with Crippen molar-refractivity contribution in [3.8, 4) is 0 Å². The normalized spacial score (nSPS) is 10.9. The standard InChI is InChI=1S/C17H14N6OS/c1-11-4-2-5-12(8-11)9-15-20-21-17(25-15)19-16(24)13-10-14-18-6-3-7-23(14)22-13/h2-8,10H,9H2,1H3,(H,19,21,24). The van der Waals surface area contributed by atoms with E-state index in [1.807, 2.05) is 6.07 Å². The van der Waals surface area contributed by atoms with Gasteiger partial charge in [0.25, 0.3) is 5.91 Å². The van der Waals surface area contributed by atoms with Gasteiger partial charge in [-0.3, -0.25) is 10.1 Å². The highest BCUT2D eigenvalue weighted by Crippen LogP contribution is 2.19. The van der Waals surface area contributed by atoms with Gasteiger partial charge in [0, 0.05) is 24.9 Å². The van der Waals surface area contributed by atoms with E-state index in [2.05, 4.69) is 50.7 Å². The molecule has 0 bridgehead atoms. The maximum absolute atomic E-state index is 12.3. The molecule has 0 spiro atoms. The van der Waals surface area contributed by atoms with E-state index < -0.39 is 0 Å². The van der Waals surface area contributed by atoms with E-state index in [0.717, 1.165) is 5.01 Å². The minimum atomic E-state index is -0.330. The number of nitrogens with zero attached hydrogens (tertiary/aromatic N) is 5. The Bertz CT molecular complexity index is 1020. The molecule has 1 amide bonds. The summed E-state index contributed by atoms with van der Waals surface area (Å²) in [4.78, 5) is 16.5. The number of hydrogen-bond acceptors (Lipinski definition) is 6. The number of hydrogen-bond donors (Lipinski definition) is 1. The molecule has 0 aliphatic carbocycles. The van der Waals surface area contributed by atoms with Crippen molar-refractivity contribution in [3.63, 3.8) is 0 Å². The van der Waals surface area contributed by atoms with E-state index in [0.29, 0.717) is 17.2 Å². The van der Waals surface area contributed by atoms with Crippen LogP contribution < -0.4 is 5.32 Å². The molecule has 0 aliphatic rings. The highest BCUT2D eigenvalue weighted by atomic mass is 32.1. The second-order valence-corrected chi connectivity index (χ2v) is 6.64. The van der Waals surface area contributed by atoms with E-state index in [4.69, 9.17) is 0 Å². The first kappa shape index (κ1) is 15.4. The van der Waals surface area contributed by atoms with E-state index >= 15 is 0 Å². The van der Waals surface area contributed by atoms with Crippen LogP contribution in [0.2, 0.25) is 0 Å². The zero-order valence-electron chi connectivity index (χ0n) is 13.4. The predicted molar refractivity (Wildman–Crippen MR) is 94.8 cm³/mol. The largest absolute Gasteiger partial charge is 0.295 e. The molecule has 1 N–H and O–H groups in total. The molecule has 4 rings (SSSR count). The van der Waals surface area contributed by atoms with E-state index in [1.54, 1.807) is 29.0 Å². The topological polar surface area (TPSA) is 85.1 Å². The fourth-order valence-corrected chi connectivity index (χ4v) is 3.24. The molecular formula is C17H14N6OS. The lowest BCUT2D eigenvalue weighted by Gasteiger charge is -1.98. The number of aryl methyl sites for hydroxylation is 1. The number of nitrogens with one attached hydrogen (secondary N) is 1. The molecule has 25 heavy (non-hydrogen) atoms. The number of carbonyl (C=O) groups is 1. The second-order valence-electron chi connectivity index (χ2n) is 5.57. The first-order valence-corrected chi connectivity index (χ1v) is 8.49. The lowest BCUT2D eigenvalue weighted by molar-refractivity contribution is 0.102. The summed E-state index contributed by atoms with van der Waals surface area (Å²) in [6, 6.07) is 11.6. The lowest BCUT2D eigenvalue weighted by Crippen LogP contribution is -2.12. The van der Waals surface area contributed by atoms with Crippen LogP contribution in [0.5, 0.6) is 0 Å². The number of benzene rings is 1. The third-order valence-corrected chi connectivity index (χ3v) is 4.43. The van der Waals surface area contributed by atoms with Crippen LogP contribution >= 0.6 is 11.3 Å². The molecule has 0 aliphatic heterocycles. The molecule has 1 aromatic carbocycles. The van der Waals surface area contributed by atoms with Crippen molar-refractivity contribution in [2.24, 2.45) is 0 Å². The van der Waals surface area contributed by atoms with Crippen LogP contribution in [0, 0.1) is 6.92 Å². The molecule has 0 radical (unpaired) electrons. The van der Waals surface area contributed by atoms with Crippen molar-refractivity contribution in [1.29, 1.82) is 0 Å². The van der Waals surface area contributed by atoms with Gasteiger partial charge in [0.05, 0.1) is 0 Å². The fraction of sp³-hybridized carbons (Fsp3) is 0.118. The predicted octanol–water partition coefficient (Wildman–Crippen LogP) is 2.73. The third-order valence-electron chi connectivity index (χ3n) is 3.59. The van der Waals surface area contributed by atoms with Crippen molar-refractivity contribution in [2.75, 3.05) is 5.32 Å². The van der Waals surface area contributed by atoms with E-state index in [1.165, 1.54) is 22.5 Å². The summed E-state index contributed by atoms with van der Waals surface area (Å²) < 4.78 is 1.55. The fourth-order valence-electron chi connectivity index (χ4n) is 2.47. The van der Waals surface area contributed by atoms with Crippen LogP contribution in [0.4, 0.5) is 5.13 Å². The zero-order chi connectivity index (χ0) is 17.2. The highest BCUT2D eigenvalue weighted by Gasteiger charge is 2.14. The molecule has 8 heteroatoms. The molecule has 0 atom stereocenters. The number of amides is 1. The third kappa shape index (κ3) is 3.38. The molecule has 124 valence electrons. The monoisotopic (exact) mass is 350 g/mol. The summed E-state index contributed by atoms with van der Waals surface area (Å²) in [7, 11) is 0. The average molecular weight is 350 g/mol. The first-order chi connectivity index (χ1) is 12.2. The van der Waals surface area contributed by atoms with E-state index in [-0.39, 0.29) is 11.6 Å². The van der Waals surface area contributed by atoms with Gasteiger partial charge in [-0.2, -0.15) is 5.10 Å². The lowest BCUT2D eigenvalue weighted by atomic mass is 10.1. The Labute approximate surface area is 147 Å². The maximum Gasteiger partial charge on any atom is 0.278 e. The Hall–Kier alpha value is -3.13. The van der Waals surface area contributed by atoms with Gasteiger partial charge in [-0.15, -0.1) is 10.2 Å². The molecule has 3 aromatic heterocycles. The molecule has 0 fully saturated rings. The minimum absolute atomic E-state index is 0.286. The van der Waals surface area contributed by atoms with Crippen LogP contribution in [0.15, 0.2) is 48.8 Å². The van der Waals surface area contributed by atoms with Gasteiger partial charge in [0.15, 0.2) is 11.3 Å². The molecular weight excluding hydrogens is 336 g/mol. The Balaban J connectivity index is 1.47. The molecule has 3 heterocycles. The first-order valence-electron chi connectivity index (χ1n) is 7.67. The van der Waals surface area contributed by atoms with Gasteiger partial charge in [-0.05, 0) is 18.6 Å². The summed E-state index contributed by atoms with van der Waals surface area (Å²) in [5.74, 6) is -0.330. The summed E-state index contributed by atoms with van der Waals surface area (Å²) in [5.41, 5.74) is 3.27. The van der Waals surface area contributed by atoms with E-state index in [9.17, 15) is 4.79 Å². The summed E-state index contributed by atoms with van der Waals surface area (Å²) >= 11 is 1.36. The van der Waals surface area contributed by atoms with Crippen LogP contribution in [0.25, 0.3) is 5.65 Å². The molecule has 0 saturated heterocycles. The van der Waals surface area contributed by atoms with Crippen LogP contribution in [-0.2, 0) is 6.42 Å². The Morgan fingerprint density at radius 2 is 2.16 bits per heavy atom. The van der Waals surface area contributed by atoms with Crippen molar-refractivity contribution in [2.45, 2.75) is 13.3 Å². The minimum Gasteiger partial charge on any atom is -0.295 e. The summed E-state index contributed by atoms with van der Waals surface area (Å²) in [5, 5.41) is 16.4. The van der Waals surface area contributed by atoms with Crippen molar-refractivity contribution >= 4 is 28.0 Å². The molecule has 0 unspecified atom stereocenters. The second kappa shape index (κ2) is 6.40. The van der Waals surface area contributed by atoms with Gasteiger partial charge in [-0.1, -0.05) is 41.2 Å². The Morgan fingerprint density at radius 1 is 1.24 bits per heavy atom. The van der Waals surface area contributed by atoms with Gasteiger partial charge < -0.3 is 0 Å². The van der Waals surface area contributed by atoms with Crippen molar-refractivity contribution < 1.29 is 4.79 Å². The summed E-state index contributed by atoms with van der Waals surface area (Å²) in [6.45, 7) is 2.05. The van der Waals surface area contributed by atoms with Gasteiger partial charge in [0.2, 0.25) is 5.13 Å². The number of anilines is 1. The highest BCUT2D eigenvalue weighted by molar-refractivity contribution is 7.15. The maximum atomic E-state index is 12.3. The smallest absolute Gasteiger partial charge is 0.278 e. The Kier molecular flexibility index (Phi) is 3.95. The quantitative estimate of drug-likeness (QED) is 0.612. The van der Waals surface area contributed by atoms with Crippen LogP contribution in [0.3, 0.4) is 0 Å². The molecule has 4 aromatic rings. The van der Waals surface area contributed by atoms with Crippen molar-refractivity contribution in [3.05, 3.63) is 70.6 Å². The van der Waals surface area contributed by atoms with Gasteiger partial charge >= 0.3 is 0 Å². The number of aromatic nitrogens is 5. The molecule has 0 saturated carbocycles. The average Bonchev–Trinajstić information content (AvgIpc) is 3.21. The van der Waals surface area contributed by atoms with Gasteiger partial charge in [-0.25, -0.2) is 9.50 Å². The SMILES string of the molecule is Cc1cccc(Cc2nnc(NC(=O)c3cc4ncccn4n3)s2)c1. The van der Waals surface area contributed by atoms with Crippen LogP contribution in [-0.4, -0.2) is 30.7 Å². The summed E-state index contributed by atoms with van der Waals surface area (Å²) in [6.07, 6.45) is 4.08. The number of fused-ring (bicyclic) bond motifs is 1. The zero-order valence-corrected chi connectivity index (χ0v) is 14.2.